The van der Waals surface area contributed by atoms with E-state index in [-0.39, 0.29) is 36.4 Å². The highest BCUT2D eigenvalue weighted by Crippen LogP contribution is 2.25. The number of unbranched alkanes of at least 4 members (excludes halogenated alkanes) is 2. The van der Waals surface area contributed by atoms with E-state index in [1.165, 1.54) is 32.3 Å². The van der Waals surface area contributed by atoms with Gasteiger partial charge in [-0.15, -0.1) is 0 Å². The van der Waals surface area contributed by atoms with Gasteiger partial charge in [-0.05, 0) is 36.2 Å². The van der Waals surface area contributed by atoms with Crippen LogP contribution in [0.4, 0.5) is 0 Å². The highest BCUT2D eigenvalue weighted by Gasteiger charge is 2.23. The molecule has 0 radical (unpaired) electrons. The van der Waals surface area contributed by atoms with Crippen LogP contribution in [-0.4, -0.2) is 63.3 Å². The third-order valence-electron chi connectivity index (χ3n) is 6.52. The van der Waals surface area contributed by atoms with Crippen LogP contribution in [-0.2, 0) is 31.1 Å². The summed E-state index contributed by atoms with van der Waals surface area (Å²) in [5, 5.41) is 6.43. The van der Waals surface area contributed by atoms with Gasteiger partial charge in [0.15, 0.2) is 5.76 Å². The van der Waals surface area contributed by atoms with Gasteiger partial charge >= 0.3 is 0 Å². The van der Waals surface area contributed by atoms with Crippen molar-refractivity contribution in [3.8, 4) is 11.3 Å². The number of rotatable bonds is 17. The van der Waals surface area contributed by atoms with Crippen LogP contribution in [0.15, 0.2) is 76.0 Å². The van der Waals surface area contributed by atoms with E-state index >= 15 is 0 Å². The Morgan fingerprint density at radius 2 is 1.76 bits per heavy atom. The van der Waals surface area contributed by atoms with Crippen molar-refractivity contribution in [1.82, 2.24) is 20.0 Å². The molecular formula is C30H38N4O7S. The van der Waals surface area contributed by atoms with Gasteiger partial charge in [-0.25, -0.2) is 17.8 Å². The second kappa shape index (κ2) is 15.9. The van der Waals surface area contributed by atoms with Gasteiger partial charge in [-0.2, -0.15) is 0 Å². The molecule has 2 N–H and O–H groups in total. The van der Waals surface area contributed by atoms with Crippen molar-refractivity contribution in [2.75, 3.05) is 27.3 Å². The van der Waals surface area contributed by atoms with E-state index in [0.29, 0.717) is 24.2 Å². The predicted octanol–water partition coefficient (Wildman–Crippen LogP) is 3.79. The van der Waals surface area contributed by atoms with Crippen LogP contribution in [0.25, 0.3) is 11.3 Å². The molecule has 1 aromatic heterocycles. The molecule has 1 heterocycles. The van der Waals surface area contributed by atoms with Crippen molar-refractivity contribution in [2.45, 2.75) is 44.1 Å². The summed E-state index contributed by atoms with van der Waals surface area (Å²) >= 11 is 0. The van der Waals surface area contributed by atoms with Crippen LogP contribution in [0.1, 0.15) is 48.7 Å². The maximum Gasteiger partial charge on any atom is 0.288 e. The lowest BCUT2D eigenvalue weighted by molar-refractivity contribution is -0.182. The van der Waals surface area contributed by atoms with E-state index in [0.717, 1.165) is 34.2 Å². The molecular weight excluding hydrogens is 560 g/mol. The number of furan rings is 1. The number of amides is 3. The molecule has 42 heavy (non-hydrogen) atoms. The van der Waals surface area contributed by atoms with Crippen LogP contribution >= 0.6 is 0 Å². The minimum absolute atomic E-state index is 0.000978. The minimum atomic E-state index is -3.64. The first-order chi connectivity index (χ1) is 20.1. The predicted molar refractivity (Wildman–Crippen MR) is 157 cm³/mol. The van der Waals surface area contributed by atoms with E-state index in [4.69, 9.17) is 9.25 Å². The number of hydrogen-bond acceptors (Lipinski definition) is 7. The van der Waals surface area contributed by atoms with E-state index in [9.17, 15) is 22.8 Å². The molecule has 3 aromatic rings. The van der Waals surface area contributed by atoms with E-state index in [1.807, 2.05) is 30.3 Å². The lowest BCUT2D eigenvalue weighted by Crippen LogP contribution is -2.43. The summed E-state index contributed by atoms with van der Waals surface area (Å²) in [5.41, 5.74) is 1.39. The summed E-state index contributed by atoms with van der Waals surface area (Å²) in [6.07, 6.45) is 3.84. The smallest absolute Gasteiger partial charge is 0.288 e. The van der Waals surface area contributed by atoms with Crippen LogP contribution in [0.2, 0.25) is 0 Å². The summed E-state index contributed by atoms with van der Waals surface area (Å²) in [5.74, 6) is -1.08. The molecule has 0 bridgehead atoms. The van der Waals surface area contributed by atoms with Gasteiger partial charge in [0.2, 0.25) is 22.3 Å². The first-order valence-electron chi connectivity index (χ1n) is 13.7. The molecule has 226 valence electrons. The molecule has 0 aliphatic carbocycles. The molecule has 0 unspecified atom stereocenters. The molecule has 0 aliphatic rings. The number of nitrogens with one attached hydrogen (secondary N) is 2. The molecule has 12 heteroatoms. The number of benzene rings is 2. The fraction of sp³-hybridized carbons (Fsp3) is 0.367. The monoisotopic (exact) mass is 598 g/mol. The Labute approximate surface area is 246 Å². The summed E-state index contributed by atoms with van der Waals surface area (Å²) < 4.78 is 31.7. The van der Waals surface area contributed by atoms with E-state index < -0.39 is 21.8 Å². The van der Waals surface area contributed by atoms with E-state index in [2.05, 4.69) is 17.6 Å². The normalized spacial score (nSPS) is 12.1. The summed E-state index contributed by atoms with van der Waals surface area (Å²) in [7, 11) is -0.743. The maximum absolute atomic E-state index is 13.0. The van der Waals surface area contributed by atoms with Crippen LogP contribution in [0.3, 0.4) is 0 Å². The number of sulfonamides is 1. The number of carbonyl (C=O) groups is 3. The molecule has 0 aliphatic heterocycles. The van der Waals surface area contributed by atoms with Crippen molar-refractivity contribution in [3.05, 3.63) is 78.1 Å². The van der Waals surface area contributed by atoms with Gasteiger partial charge in [0, 0.05) is 19.7 Å². The summed E-state index contributed by atoms with van der Waals surface area (Å²) in [4.78, 5) is 43.0. The van der Waals surface area contributed by atoms with Crippen LogP contribution in [0.5, 0.6) is 0 Å². The quantitative estimate of drug-likeness (QED) is 0.104. The second-order valence-electron chi connectivity index (χ2n) is 9.86. The number of nitrogens with zero attached hydrogens (tertiary/aromatic N) is 2. The minimum Gasteiger partial charge on any atom is -0.451 e. The van der Waals surface area contributed by atoms with E-state index in [1.54, 1.807) is 18.2 Å². The maximum atomic E-state index is 13.0. The molecule has 3 rings (SSSR count). The fourth-order valence-electron chi connectivity index (χ4n) is 4.10. The van der Waals surface area contributed by atoms with Crippen molar-refractivity contribution < 1.29 is 32.1 Å². The number of carbonyl (C=O) groups excluding carboxylic acids is 3. The average molecular weight is 599 g/mol. The third-order valence-corrected chi connectivity index (χ3v) is 8.33. The Kier molecular flexibility index (Phi) is 12.3. The molecule has 0 spiro atoms. The zero-order valence-electron chi connectivity index (χ0n) is 24.1. The SMILES string of the molecule is CCCCC[C@H](CN(C=O)OCc1ccccc1)C(=O)NCNC(=O)c1ccc(-c2cccc(S(=O)(=O)N(C)C)c2)o1. The van der Waals surface area contributed by atoms with Crippen LogP contribution < -0.4 is 10.6 Å². The Bertz CT molecular complexity index is 1420. The Morgan fingerprint density at radius 3 is 2.45 bits per heavy atom. The summed E-state index contributed by atoms with van der Waals surface area (Å²) in [6.45, 7) is 2.18. The first-order valence-corrected chi connectivity index (χ1v) is 15.2. The zero-order valence-corrected chi connectivity index (χ0v) is 24.9. The van der Waals surface area contributed by atoms with Gasteiger partial charge in [0.1, 0.15) is 12.4 Å². The molecule has 3 amide bonds. The summed E-state index contributed by atoms with van der Waals surface area (Å²) in [6, 6.07) is 18.7. The van der Waals surface area contributed by atoms with Gasteiger partial charge in [0.25, 0.3) is 5.91 Å². The molecule has 2 aromatic carbocycles. The largest absolute Gasteiger partial charge is 0.451 e. The number of hydroxylamine groups is 2. The molecule has 0 saturated carbocycles. The molecule has 11 nitrogen and oxygen atoms in total. The molecule has 0 saturated heterocycles. The lowest BCUT2D eigenvalue weighted by atomic mass is 10.0. The van der Waals surface area contributed by atoms with Gasteiger partial charge in [0.05, 0.1) is 24.0 Å². The topological polar surface area (TPSA) is 138 Å². The first kappa shape index (κ1) is 32.5. The van der Waals surface area contributed by atoms with Crippen molar-refractivity contribution in [3.63, 3.8) is 0 Å². The highest BCUT2D eigenvalue weighted by atomic mass is 32.2. The highest BCUT2D eigenvalue weighted by molar-refractivity contribution is 7.89. The fourth-order valence-corrected chi connectivity index (χ4v) is 5.05. The Balaban J connectivity index is 1.57. The molecule has 0 fully saturated rings. The number of hydrogen-bond donors (Lipinski definition) is 2. The average Bonchev–Trinajstić information content (AvgIpc) is 3.49. The van der Waals surface area contributed by atoms with Gasteiger partial charge < -0.3 is 15.1 Å². The standard InChI is InChI=1S/C30H38N4O7S/c1-4-5-7-13-25(19-34(22-35)40-20-23-11-8-6-9-12-23)29(36)31-21-32-30(37)28-17-16-27(41-28)24-14-10-15-26(18-24)42(38,39)33(2)3/h6,8-12,14-18,22,25H,4-5,7,13,19-21H2,1-3H3,(H,31,36)(H,32,37)/t25-/m1/s1. The van der Waals surface area contributed by atoms with Crippen molar-refractivity contribution in [2.24, 2.45) is 5.92 Å². The third kappa shape index (κ3) is 9.26. The molecule has 1 atom stereocenters. The van der Waals surface area contributed by atoms with Crippen LogP contribution in [0, 0.1) is 5.92 Å². The Hall–Kier alpha value is -4.00. The Morgan fingerprint density at radius 1 is 1.00 bits per heavy atom. The second-order valence-corrected chi connectivity index (χ2v) is 12.0. The van der Waals surface area contributed by atoms with Crippen molar-refractivity contribution >= 4 is 28.2 Å². The zero-order chi connectivity index (χ0) is 30.5. The van der Waals surface area contributed by atoms with Gasteiger partial charge in [-0.3, -0.25) is 19.2 Å². The van der Waals surface area contributed by atoms with Crippen molar-refractivity contribution in [1.29, 1.82) is 0 Å². The van der Waals surface area contributed by atoms with Gasteiger partial charge in [-0.1, -0.05) is 68.7 Å². The lowest BCUT2D eigenvalue weighted by Gasteiger charge is -2.23.